The zero-order valence-corrected chi connectivity index (χ0v) is 10.6. The van der Waals surface area contributed by atoms with Gasteiger partial charge in [-0.2, -0.15) is 0 Å². The van der Waals surface area contributed by atoms with Crippen molar-refractivity contribution in [3.63, 3.8) is 0 Å². The summed E-state index contributed by atoms with van der Waals surface area (Å²) in [6.07, 6.45) is 2.65. The van der Waals surface area contributed by atoms with E-state index in [0.29, 0.717) is 11.1 Å². The highest BCUT2D eigenvalue weighted by Gasteiger charge is 2.07. The molecule has 0 aliphatic rings. The van der Waals surface area contributed by atoms with E-state index in [1.807, 2.05) is 19.1 Å². The van der Waals surface area contributed by atoms with E-state index in [9.17, 15) is 0 Å². The van der Waals surface area contributed by atoms with Crippen LogP contribution in [0.25, 0.3) is 0 Å². The van der Waals surface area contributed by atoms with Gasteiger partial charge in [0.15, 0.2) is 0 Å². The molecule has 5 nitrogen and oxygen atoms in total. The normalized spacial score (nSPS) is 12.6. The molecule has 17 heavy (non-hydrogen) atoms. The second kappa shape index (κ2) is 5.29. The molecule has 0 aliphatic carbocycles. The number of aromatic nitrogens is 3. The molecule has 0 aromatic carbocycles. The first-order valence-corrected chi connectivity index (χ1v) is 6.20. The van der Waals surface area contributed by atoms with E-state index >= 15 is 0 Å². The van der Waals surface area contributed by atoms with Crippen LogP contribution in [0.1, 0.15) is 31.0 Å². The Morgan fingerprint density at radius 1 is 1.41 bits per heavy atom. The molecular weight excluding hydrogens is 236 g/mol. The predicted molar refractivity (Wildman–Crippen MR) is 64.6 cm³/mol. The van der Waals surface area contributed by atoms with E-state index in [-0.39, 0.29) is 6.04 Å². The molecule has 2 N–H and O–H groups in total. The summed E-state index contributed by atoms with van der Waals surface area (Å²) in [6, 6.07) is 3.89. The minimum Gasteiger partial charge on any atom is -0.416 e. The molecule has 0 unspecified atom stereocenters. The third-order valence-corrected chi connectivity index (χ3v) is 3.11. The maximum Gasteiger partial charge on any atom is 0.281 e. The van der Waals surface area contributed by atoms with Crippen molar-refractivity contribution >= 4 is 11.8 Å². The quantitative estimate of drug-likeness (QED) is 0.897. The Labute approximate surface area is 104 Å². The maximum absolute atomic E-state index is 5.89. The van der Waals surface area contributed by atoms with E-state index < -0.39 is 0 Å². The topological polar surface area (TPSA) is 77.8 Å². The third-order valence-electron chi connectivity index (χ3n) is 2.29. The van der Waals surface area contributed by atoms with Crippen molar-refractivity contribution in [2.75, 3.05) is 0 Å². The lowest BCUT2D eigenvalue weighted by Gasteiger charge is -2.07. The van der Waals surface area contributed by atoms with Crippen LogP contribution in [0, 0.1) is 6.92 Å². The molecular formula is C11H14N4OS. The van der Waals surface area contributed by atoms with Gasteiger partial charge in [0.25, 0.3) is 5.22 Å². The van der Waals surface area contributed by atoms with Gasteiger partial charge < -0.3 is 10.2 Å². The molecule has 2 aromatic rings. The van der Waals surface area contributed by atoms with Crippen molar-refractivity contribution in [1.29, 1.82) is 0 Å². The van der Waals surface area contributed by atoms with E-state index in [2.05, 4.69) is 15.2 Å². The summed E-state index contributed by atoms with van der Waals surface area (Å²) in [5, 5.41) is 8.20. The van der Waals surface area contributed by atoms with Crippen LogP contribution in [0.15, 0.2) is 32.9 Å². The van der Waals surface area contributed by atoms with Crippen LogP contribution in [0.2, 0.25) is 0 Å². The molecule has 0 saturated carbocycles. The largest absolute Gasteiger partial charge is 0.416 e. The maximum atomic E-state index is 5.89. The number of hydrogen-bond acceptors (Lipinski definition) is 6. The van der Waals surface area contributed by atoms with E-state index in [4.69, 9.17) is 10.2 Å². The Hall–Kier alpha value is -1.40. The average molecular weight is 250 g/mol. The van der Waals surface area contributed by atoms with Crippen LogP contribution < -0.4 is 5.73 Å². The van der Waals surface area contributed by atoms with Gasteiger partial charge in [0.2, 0.25) is 5.89 Å². The first-order chi connectivity index (χ1) is 8.19. The van der Waals surface area contributed by atoms with Crippen LogP contribution in [0.5, 0.6) is 0 Å². The minimum absolute atomic E-state index is 0.000279. The zero-order valence-electron chi connectivity index (χ0n) is 9.75. The molecule has 2 rings (SSSR count). The molecule has 0 aliphatic heterocycles. The van der Waals surface area contributed by atoms with Crippen LogP contribution in [0.4, 0.5) is 0 Å². The molecule has 1 atom stereocenters. The van der Waals surface area contributed by atoms with Gasteiger partial charge in [-0.05, 0) is 30.3 Å². The smallest absolute Gasteiger partial charge is 0.281 e. The fourth-order valence-electron chi connectivity index (χ4n) is 1.30. The molecule has 2 heterocycles. The highest BCUT2D eigenvalue weighted by Crippen LogP contribution is 2.26. The van der Waals surface area contributed by atoms with Crippen LogP contribution in [-0.2, 0) is 0 Å². The van der Waals surface area contributed by atoms with E-state index in [1.165, 1.54) is 11.8 Å². The Kier molecular flexibility index (Phi) is 3.75. The van der Waals surface area contributed by atoms with Gasteiger partial charge >= 0.3 is 0 Å². The second-order valence-corrected chi connectivity index (χ2v) is 4.65. The summed E-state index contributed by atoms with van der Waals surface area (Å²) in [7, 11) is 0. The number of aryl methyl sites for hydroxylation is 1. The fraction of sp³-hybridized carbons (Fsp3) is 0.364. The lowest BCUT2D eigenvalue weighted by molar-refractivity contribution is 0.429. The van der Waals surface area contributed by atoms with Gasteiger partial charge in [-0.1, -0.05) is 6.92 Å². The molecule has 2 aromatic heterocycles. The van der Waals surface area contributed by atoms with Crippen molar-refractivity contribution in [3.8, 4) is 0 Å². The van der Waals surface area contributed by atoms with Crippen molar-refractivity contribution in [3.05, 3.63) is 29.9 Å². The Morgan fingerprint density at radius 3 is 2.76 bits per heavy atom. The lowest BCUT2D eigenvalue weighted by atomic mass is 10.1. The fourth-order valence-corrected chi connectivity index (χ4v) is 1.99. The van der Waals surface area contributed by atoms with Gasteiger partial charge in [0, 0.05) is 24.1 Å². The number of hydrogen-bond donors (Lipinski definition) is 1. The van der Waals surface area contributed by atoms with Crippen molar-refractivity contribution < 1.29 is 4.42 Å². The van der Waals surface area contributed by atoms with Gasteiger partial charge in [0.05, 0.1) is 5.69 Å². The van der Waals surface area contributed by atoms with Crippen molar-refractivity contribution in [2.45, 2.75) is 36.4 Å². The molecule has 0 radical (unpaired) electrons. The van der Waals surface area contributed by atoms with Crippen LogP contribution in [-0.4, -0.2) is 15.2 Å². The Morgan fingerprint density at radius 2 is 2.24 bits per heavy atom. The summed E-state index contributed by atoms with van der Waals surface area (Å²) in [5.41, 5.74) is 6.79. The molecule has 0 fully saturated rings. The molecule has 0 spiro atoms. The van der Waals surface area contributed by atoms with Crippen LogP contribution in [0.3, 0.4) is 0 Å². The van der Waals surface area contributed by atoms with Gasteiger partial charge in [0.1, 0.15) is 0 Å². The molecule has 90 valence electrons. The molecule has 6 heteroatoms. The van der Waals surface area contributed by atoms with E-state index in [1.54, 1.807) is 13.1 Å². The van der Waals surface area contributed by atoms with Gasteiger partial charge in [-0.25, -0.2) is 0 Å². The number of nitrogens with zero attached hydrogens (tertiary/aromatic N) is 3. The predicted octanol–water partition coefficient (Wildman–Crippen LogP) is 2.33. The minimum atomic E-state index is -0.000279. The average Bonchev–Trinajstić information content (AvgIpc) is 2.75. The molecule has 0 bridgehead atoms. The summed E-state index contributed by atoms with van der Waals surface area (Å²) >= 11 is 1.39. The second-order valence-electron chi connectivity index (χ2n) is 3.62. The highest BCUT2D eigenvalue weighted by molar-refractivity contribution is 7.99. The number of pyridine rings is 1. The summed E-state index contributed by atoms with van der Waals surface area (Å²) in [6.45, 7) is 3.80. The number of nitrogens with two attached hydrogens (primary N) is 1. The van der Waals surface area contributed by atoms with Crippen LogP contribution >= 0.6 is 11.8 Å². The van der Waals surface area contributed by atoms with Gasteiger partial charge in [-0.15, -0.1) is 10.2 Å². The van der Waals surface area contributed by atoms with Crippen molar-refractivity contribution in [1.82, 2.24) is 15.2 Å². The van der Waals surface area contributed by atoms with Gasteiger partial charge in [-0.3, -0.25) is 4.98 Å². The SMILES string of the molecule is CC[C@H](N)c1ccc(Sc2nnc(C)o2)cn1. The molecule has 0 saturated heterocycles. The lowest BCUT2D eigenvalue weighted by Crippen LogP contribution is -2.10. The zero-order chi connectivity index (χ0) is 12.3. The first kappa shape index (κ1) is 12.1. The van der Waals surface area contributed by atoms with Crippen molar-refractivity contribution in [2.24, 2.45) is 5.73 Å². The first-order valence-electron chi connectivity index (χ1n) is 5.38. The number of rotatable bonds is 4. The third kappa shape index (κ3) is 3.04. The Bertz CT molecular complexity index is 482. The van der Waals surface area contributed by atoms with E-state index in [0.717, 1.165) is 17.0 Å². The highest BCUT2D eigenvalue weighted by atomic mass is 32.2. The molecule has 0 amide bonds. The summed E-state index contributed by atoms with van der Waals surface area (Å²) in [5.74, 6) is 0.560. The summed E-state index contributed by atoms with van der Waals surface area (Å²) in [4.78, 5) is 5.28. The monoisotopic (exact) mass is 250 g/mol. The summed E-state index contributed by atoms with van der Waals surface area (Å²) < 4.78 is 5.27. The Balaban J connectivity index is 2.08. The standard InChI is InChI=1S/C11H14N4OS/c1-3-9(12)10-5-4-8(6-13-10)17-11-15-14-7(2)16-11/h4-6,9H,3,12H2,1-2H3/t9-/m0/s1.